The molecule has 0 aromatic carbocycles. The molecule has 2 atom stereocenters. The predicted molar refractivity (Wildman–Crippen MR) is 88.6 cm³/mol. The minimum atomic E-state index is -0.0973. The van der Waals surface area contributed by atoms with E-state index in [0.29, 0.717) is 11.8 Å². The standard InChI is InChI=1S/C16H29IO2/c1-4-6-8-13-10-15(17)11-14(9-7-5-2)16(13)19-12(3)18/h13-16H,4-11H2,1-3H3. The molecule has 1 saturated carbocycles. The van der Waals surface area contributed by atoms with Gasteiger partial charge < -0.3 is 4.74 Å². The lowest BCUT2D eigenvalue weighted by Gasteiger charge is -2.40. The lowest BCUT2D eigenvalue weighted by Crippen LogP contribution is -2.40. The molecule has 1 aliphatic carbocycles. The average molecular weight is 380 g/mol. The molecule has 2 nitrogen and oxygen atoms in total. The van der Waals surface area contributed by atoms with E-state index in [1.807, 2.05) is 0 Å². The van der Waals surface area contributed by atoms with Crippen LogP contribution in [0.3, 0.4) is 0 Å². The topological polar surface area (TPSA) is 26.3 Å². The first kappa shape index (κ1) is 17.3. The third-order valence-electron chi connectivity index (χ3n) is 4.21. The van der Waals surface area contributed by atoms with E-state index in [0.717, 1.165) is 3.92 Å². The molecule has 0 N–H and O–H groups in total. The molecule has 2 unspecified atom stereocenters. The molecule has 1 fully saturated rings. The van der Waals surface area contributed by atoms with Crippen molar-refractivity contribution >= 4 is 28.6 Å². The van der Waals surface area contributed by atoms with Crippen LogP contribution < -0.4 is 0 Å². The third-order valence-corrected chi connectivity index (χ3v) is 5.22. The maximum Gasteiger partial charge on any atom is 0.302 e. The zero-order valence-electron chi connectivity index (χ0n) is 12.7. The lowest BCUT2D eigenvalue weighted by molar-refractivity contribution is -0.155. The van der Waals surface area contributed by atoms with Gasteiger partial charge in [0, 0.05) is 10.8 Å². The van der Waals surface area contributed by atoms with Gasteiger partial charge >= 0.3 is 5.97 Å². The van der Waals surface area contributed by atoms with Gasteiger partial charge in [-0.15, -0.1) is 0 Å². The predicted octanol–water partition coefficient (Wildman–Crippen LogP) is 5.13. The average Bonchev–Trinajstić information content (AvgIpc) is 2.36. The van der Waals surface area contributed by atoms with Gasteiger partial charge in [-0.25, -0.2) is 0 Å². The molecule has 0 aromatic rings. The summed E-state index contributed by atoms with van der Waals surface area (Å²) in [5.74, 6) is 1.07. The van der Waals surface area contributed by atoms with Gasteiger partial charge in [-0.1, -0.05) is 62.1 Å². The van der Waals surface area contributed by atoms with Gasteiger partial charge in [-0.05, 0) is 37.5 Å². The third kappa shape index (κ3) is 6.01. The summed E-state index contributed by atoms with van der Waals surface area (Å²) < 4.78 is 6.47. The molecule has 1 aliphatic rings. The number of carbonyl (C=O) groups is 1. The fraction of sp³-hybridized carbons (Fsp3) is 0.938. The molecule has 0 radical (unpaired) electrons. The molecule has 0 amide bonds. The molecule has 1 rings (SSSR count). The molecule has 112 valence electrons. The summed E-state index contributed by atoms with van der Waals surface area (Å²) in [5, 5.41) is 0. The number of hydrogen-bond acceptors (Lipinski definition) is 2. The largest absolute Gasteiger partial charge is 0.462 e. The highest BCUT2D eigenvalue weighted by Crippen LogP contribution is 2.40. The number of halogens is 1. The Morgan fingerprint density at radius 3 is 1.95 bits per heavy atom. The van der Waals surface area contributed by atoms with Crippen LogP contribution in [-0.2, 0) is 9.53 Å². The smallest absolute Gasteiger partial charge is 0.302 e. The molecule has 0 aromatic heterocycles. The summed E-state index contributed by atoms with van der Waals surface area (Å²) in [5.41, 5.74) is 0. The highest BCUT2D eigenvalue weighted by Gasteiger charge is 2.38. The molecule has 0 bridgehead atoms. The van der Waals surface area contributed by atoms with Gasteiger partial charge in [0.2, 0.25) is 0 Å². The van der Waals surface area contributed by atoms with Gasteiger partial charge in [-0.3, -0.25) is 4.79 Å². The summed E-state index contributed by atoms with van der Waals surface area (Å²) in [6, 6.07) is 0. The number of alkyl halides is 1. The Balaban J connectivity index is 2.70. The van der Waals surface area contributed by atoms with Crippen LogP contribution in [0, 0.1) is 11.8 Å². The van der Waals surface area contributed by atoms with E-state index < -0.39 is 0 Å². The normalized spacial score (nSPS) is 31.2. The SMILES string of the molecule is CCCCC1CC(I)CC(CCCC)C1OC(C)=O. The highest BCUT2D eigenvalue weighted by molar-refractivity contribution is 14.1. The van der Waals surface area contributed by atoms with Crippen molar-refractivity contribution in [3.05, 3.63) is 0 Å². The van der Waals surface area contributed by atoms with Gasteiger partial charge in [-0.2, -0.15) is 0 Å². The minimum Gasteiger partial charge on any atom is -0.462 e. The van der Waals surface area contributed by atoms with Crippen LogP contribution in [0.15, 0.2) is 0 Å². The molecule has 0 saturated heterocycles. The monoisotopic (exact) mass is 380 g/mol. The van der Waals surface area contributed by atoms with Crippen molar-refractivity contribution in [3.63, 3.8) is 0 Å². The zero-order chi connectivity index (χ0) is 14.3. The van der Waals surface area contributed by atoms with Crippen LogP contribution in [0.4, 0.5) is 0 Å². The maximum absolute atomic E-state index is 11.4. The highest BCUT2D eigenvalue weighted by atomic mass is 127. The molecule has 19 heavy (non-hydrogen) atoms. The first-order valence-electron chi connectivity index (χ1n) is 7.89. The van der Waals surface area contributed by atoms with Gasteiger partial charge in [0.1, 0.15) is 6.10 Å². The summed E-state index contributed by atoms with van der Waals surface area (Å²) in [6.07, 6.45) is 10.0. The van der Waals surface area contributed by atoms with E-state index >= 15 is 0 Å². The lowest BCUT2D eigenvalue weighted by atomic mass is 9.74. The van der Waals surface area contributed by atoms with E-state index in [1.165, 1.54) is 51.4 Å². The Hall–Kier alpha value is 0.200. The van der Waals surface area contributed by atoms with Crippen LogP contribution in [0.5, 0.6) is 0 Å². The maximum atomic E-state index is 11.4. The second-order valence-corrected chi connectivity index (χ2v) is 7.71. The number of hydrogen-bond donors (Lipinski definition) is 0. The van der Waals surface area contributed by atoms with Crippen LogP contribution >= 0.6 is 22.6 Å². The second-order valence-electron chi connectivity index (χ2n) is 5.95. The Bertz CT molecular complexity index is 249. The van der Waals surface area contributed by atoms with Crippen molar-refractivity contribution in [1.29, 1.82) is 0 Å². The van der Waals surface area contributed by atoms with Crippen LogP contribution in [0.2, 0.25) is 0 Å². The second kappa shape index (κ2) is 9.19. The van der Waals surface area contributed by atoms with E-state index in [9.17, 15) is 4.79 Å². The van der Waals surface area contributed by atoms with Crippen LogP contribution in [0.25, 0.3) is 0 Å². The van der Waals surface area contributed by atoms with Crippen LogP contribution in [0.1, 0.15) is 72.1 Å². The Kier molecular flexibility index (Phi) is 8.35. The van der Waals surface area contributed by atoms with E-state index in [-0.39, 0.29) is 12.1 Å². The zero-order valence-corrected chi connectivity index (χ0v) is 14.8. The molecular weight excluding hydrogens is 351 g/mol. The van der Waals surface area contributed by atoms with Crippen molar-refractivity contribution in [2.45, 2.75) is 82.2 Å². The van der Waals surface area contributed by atoms with Gasteiger partial charge in [0.05, 0.1) is 0 Å². The number of ether oxygens (including phenoxy) is 1. The van der Waals surface area contributed by atoms with Crippen molar-refractivity contribution in [3.8, 4) is 0 Å². The molecule has 3 heteroatoms. The first-order chi connectivity index (χ1) is 9.08. The van der Waals surface area contributed by atoms with Crippen LogP contribution in [-0.4, -0.2) is 16.0 Å². The van der Waals surface area contributed by atoms with Crippen molar-refractivity contribution < 1.29 is 9.53 Å². The molecule has 0 heterocycles. The summed E-state index contributed by atoms with van der Waals surface area (Å²) >= 11 is 2.59. The van der Waals surface area contributed by atoms with Crippen molar-refractivity contribution in [1.82, 2.24) is 0 Å². The van der Waals surface area contributed by atoms with Crippen molar-refractivity contribution in [2.24, 2.45) is 11.8 Å². The summed E-state index contributed by atoms with van der Waals surface area (Å²) in [7, 11) is 0. The fourth-order valence-electron chi connectivity index (χ4n) is 3.29. The van der Waals surface area contributed by atoms with E-state index in [2.05, 4.69) is 36.4 Å². The summed E-state index contributed by atoms with van der Waals surface area (Å²) in [4.78, 5) is 11.4. The quantitative estimate of drug-likeness (QED) is 0.348. The first-order valence-corrected chi connectivity index (χ1v) is 9.14. The summed E-state index contributed by atoms with van der Waals surface area (Å²) in [6.45, 7) is 6.03. The molecule has 0 aliphatic heterocycles. The Morgan fingerprint density at radius 1 is 1.11 bits per heavy atom. The molecular formula is C16H29IO2. The number of unbranched alkanes of at least 4 members (excludes halogenated alkanes) is 2. The van der Waals surface area contributed by atoms with E-state index in [4.69, 9.17) is 4.74 Å². The van der Waals surface area contributed by atoms with Gasteiger partial charge in [0.15, 0.2) is 0 Å². The fourth-order valence-corrected chi connectivity index (χ4v) is 4.59. The minimum absolute atomic E-state index is 0.0973. The van der Waals surface area contributed by atoms with Crippen molar-refractivity contribution in [2.75, 3.05) is 0 Å². The number of carbonyl (C=O) groups excluding carboxylic acids is 1. The molecule has 0 spiro atoms. The number of esters is 1. The number of rotatable bonds is 7. The van der Waals surface area contributed by atoms with Gasteiger partial charge in [0.25, 0.3) is 0 Å². The van der Waals surface area contributed by atoms with E-state index in [1.54, 1.807) is 6.92 Å². The Morgan fingerprint density at radius 2 is 1.58 bits per heavy atom. The Labute approximate surface area is 132 Å².